The van der Waals surface area contributed by atoms with Crippen LogP contribution in [0.2, 0.25) is 0 Å². The maximum atomic E-state index is 13.4. The van der Waals surface area contributed by atoms with Gasteiger partial charge >= 0.3 is 0 Å². The van der Waals surface area contributed by atoms with Crippen LogP contribution in [0.4, 0.5) is 4.39 Å². The van der Waals surface area contributed by atoms with Crippen molar-refractivity contribution in [2.45, 2.75) is 13.1 Å². The first-order valence-electron chi connectivity index (χ1n) is 9.50. The lowest BCUT2D eigenvalue weighted by Crippen LogP contribution is -2.25. The van der Waals surface area contributed by atoms with Gasteiger partial charge in [-0.1, -0.05) is 12.1 Å². The fourth-order valence-corrected chi connectivity index (χ4v) is 5.00. The minimum absolute atomic E-state index is 0.223. The number of halogens is 2. The molecule has 0 saturated heterocycles. The number of nitrogens with one attached hydrogen (secondary N) is 1. The molecule has 0 spiro atoms. The van der Waals surface area contributed by atoms with Crippen molar-refractivity contribution >= 4 is 43.4 Å². The Morgan fingerprint density at radius 1 is 1.06 bits per heavy atom. The first kappa shape index (κ1) is 21.4. The van der Waals surface area contributed by atoms with E-state index in [-0.39, 0.29) is 18.3 Å². The standard InChI is InChI=1S/C23H20BrFN2O3S/c1-29-17-7-15(8-18(9-17)30-2)13-27-19-11-22(24)31-21(19)10-20(27)23(28)26-12-14-4-3-5-16(25)6-14/h3-11H,12-13H2,1-2H3,(H,26,28). The summed E-state index contributed by atoms with van der Waals surface area (Å²) in [4.78, 5) is 13.0. The number of fused-ring (bicyclic) bond motifs is 1. The van der Waals surface area contributed by atoms with E-state index < -0.39 is 0 Å². The zero-order valence-corrected chi connectivity index (χ0v) is 19.3. The molecule has 4 rings (SSSR count). The van der Waals surface area contributed by atoms with E-state index in [1.165, 1.54) is 12.1 Å². The predicted octanol–water partition coefficient (Wildman–Crippen LogP) is 5.60. The van der Waals surface area contributed by atoms with Crippen molar-refractivity contribution in [2.75, 3.05) is 14.2 Å². The number of methoxy groups -OCH3 is 2. The van der Waals surface area contributed by atoms with Crippen LogP contribution < -0.4 is 14.8 Å². The Bertz CT molecular complexity index is 1230. The molecule has 0 fully saturated rings. The number of carbonyl (C=O) groups excluding carboxylic acids is 1. The number of benzene rings is 2. The van der Waals surface area contributed by atoms with Gasteiger partial charge in [-0.2, -0.15) is 0 Å². The zero-order chi connectivity index (χ0) is 22.0. The van der Waals surface area contributed by atoms with E-state index in [1.54, 1.807) is 37.7 Å². The normalized spacial score (nSPS) is 11.0. The molecule has 0 bridgehead atoms. The highest BCUT2D eigenvalue weighted by Gasteiger charge is 2.18. The Hall–Kier alpha value is -2.84. The van der Waals surface area contributed by atoms with Gasteiger partial charge in [0.2, 0.25) is 0 Å². The van der Waals surface area contributed by atoms with Gasteiger partial charge in [-0.3, -0.25) is 4.79 Å². The molecule has 2 heterocycles. The third-order valence-corrected chi connectivity index (χ3v) is 6.46. The average molecular weight is 503 g/mol. The Morgan fingerprint density at radius 3 is 2.48 bits per heavy atom. The molecule has 4 aromatic rings. The number of rotatable bonds is 7. The van der Waals surface area contributed by atoms with Gasteiger partial charge in [0.15, 0.2) is 0 Å². The third kappa shape index (κ3) is 4.75. The Kier molecular flexibility index (Phi) is 6.29. The van der Waals surface area contributed by atoms with Crippen LogP contribution in [0, 0.1) is 5.82 Å². The molecule has 1 amide bonds. The Labute approximate surface area is 191 Å². The maximum absolute atomic E-state index is 13.4. The number of hydrogen-bond donors (Lipinski definition) is 1. The van der Waals surface area contributed by atoms with Crippen molar-refractivity contribution in [3.63, 3.8) is 0 Å². The van der Waals surface area contributed by atoms with Gasteiger partial charge in [0, 0.05) is 19.2 Å². The summed E-state index contributed by atoms with van der Waals surface area (Å²) in [6.45, 7) is 0.703. The summed E-state index contributed by atoms with van der Waals surface area (Å²) in [6, 6.07) is 15.7. The van der Waals surface area contributed by atoms with E-state index in [0.717, 1.165) is 19.6 Å². The monoisotopic (exact) mass is 502 g/mol. The summed E-state index contributed by atoms with van der Waals surface area (Å²) in [5, 5.41) is 2.90. The van der Waals surface area contributed by atoms with Gasteiger partial charge < -0.3 is 19.4 Å². The quantitative estimate of drug-likeness (QED) is 0.357. The zero-order valence-electron chi connectivity index (χ0n) is 16.9. The Balaban J connectivity index is 1.66. The molecule has 5 nitrogen and oxygen atoms in total. The number of nitrogens with zero attached hydrogens (tertiary/aromatic N) is 1. The highest BCUT2D eigenvalue weighted by Crippen LogP contribution is 2.33. The molecule has 2 aromatic heterocycles. The molecule has 0 aliphatic heterocycles. The molecule has 0 saturated carbocycles. The minimum Gasteiger partial charge on any atom is -0.497 e. The SMILES string of the molecule is COc1cc(Cn2c(C(=O)NCc3cccc(F)c3)cc3sc(Br)cc32)cc(OC)c1. The van der Waals surface area contributed by atoms with Crippen molar-refractivity contribution in [3.8, 4) is 11.5 Å². The fourth-order valence-electron chi connectivity index (χ4n) is 3.43. The first-order chi connectivity index (χ1) is 15.0. The van der Waals surface area contributed by atoms with Crippen LogP contribution in [0.1, 0.15) is 21.6 Å². The smallest absolute Gasteiger partial charge is 0.268 e. The van der Waals surface area contributed by atoms with Crippen LogP contribution in [0.5, 0.6) is 11.5 Å². The van der Waals surface area contributed by atoms with Crippen molar-refractivity contribution in [1.82, 2.24) is 9.88 Å². The number of ether oxygens (including phenoxy) is 2. The minimum atomic E-state index is -0.326. The van der Waals surface area contributed by atoms with Crippen LogP contribution in [0.3, 0.4) is 0 Å². The van der Waals surface area contributed by atoms with Crippen molar-refractivity contribution < 1.29 is 18.7 Å². The van der Waals surface area contributed by atoms with Crippen LogP contribution in [-0.4, -0.2) is 24.7 Å². The molecule has 0 radical (unpaired) electrons. The van der Waals surface area contributed by atoms with Gasteiger partial charge in [0.1, 0.15) is 23.0 Å². The van der Waals surface area contributed by atoms with E-state index in [9.17, 15) is 9.18 Å². The highest BCUT2D eigenvalue weighted by molar-refractivity contribution is 9.11. The van der Waals surface area contributed by atoms with Crippen LogP contribution in [0.25, 0.3) is 10.2 Å². The van der Waals surface area contributed by atoms with Crippen LogP contribution in [0.15, 0.2) is 58.4 Å². The summed E-state index contributed by atoms with van der Waals surface area (Å²) in [5.74, 6) is 0.814. The summed E-state index contributed by atoms with van der Waals surface area (Å²) < 4.78 is 28.1. The van der Waals surface area contributed by atoms with Gasteiger partial charge in [0.25, 0.3) is 5.91 Å². The topological polar surface area (TPSA) is 52.5 Å². The van der Waals surface area contributed by atoms with Gasteiger partial charge in [-0.15, -0.1) is 11.3 Å². The van der Waals surface area contributed by atoms with Gasteiger partial charge in [0.05, 0.1) is 28.2 Å². The summed E-state index contributed by atoms with van der Waals surface area (Å²) in [7, 11) is 3.21. The maximum Gasteiger partial charge on any atom is 0.268 e. The molecular weight excluding hydrogens is 483 g/mol. The molecule has 1 N–H and O–H groups in total. The van der Waals surface area contributed by atoms with E-state index in [2.05, 4.69) is 21.2 Å². The average Bonchev–Trinajstić information content (AvgIpc) is 3.28. The number of aromatic nitrogens is 1. The molecule has 31 heavy (non-hydrogen) atoms. The molecule has 8 heteroatoms. The van der Waals surface area contributed by atoms with Crippen LogP contribution >= 0.6 is 27.3 Å². The van der Waals surface area contributed by atoms with Crippen LogP contribution in [-0.2, 0) is 13.1 Å². The van der Waals surface area contributed by atoms with Gasteiger partial charge in [-0.05, 0) is 63.5 Å². The Morgan fingerprint density at radius 2 is 1.81 bits per heavy atom. The number of carbonyl (C=O) groups is 1. The van der Waals surface area contributed by atoms with E-state index in [1.807, 2.05) is 34.9 Å². The van der Waals surface area contributed by atoms with Crippen molar-refractivity contribution in [3.05, 3.63) is 81.0 Å². The second kappa shape index (κ2) is 9.11. The molecule has 0 aliphatic rings. The lowest BCUT2D eigenvalue weighted by molar-refractivity contribution is 0.0942. The van der Waals surface area contributed by atoms with Gasteiger partial charge in [-0.25, -0.2) is 4.39 Å². The number of amides is 1. The van der Waals surface area contributed by atoms with E-state index in [0.29, 0.717) is 29.3 Å². The third-order valence-electron chi connectivity index (χ3n) is 4.89. The molecule has 0 aliphatic carbocycles. The summed E-state index contributed by atoms with van der Waals surface area (Å²) in [5.41, 5.74) is 3.13. The van der Waals surface area contributed by atoms with E-state index >= 15 is 0 Å². The second-order valence-electron chi connectivity index (χ2n) is 6.95. The number of hydrogen-bond acceptors (Lipinski definition) is 4. The lowest BCUT2D eigenvalue weighted by atomic mass is 10.2. The number of thiophene rings is 1. The van der Waals surface area contributed by atoms with E-state index in [4.69, 9.17) is 9.47 Å². The highest BCUT2D eigenvalue weighted by atomic mass is 79.9. The van der Waals surface area contributed by atoms with Crippen molar-refractivity contribution in [2.24, 2.45) is 0 Å². The molecule has 0 unspecified atom stereocenters. The molecule has 160 valence electrons. The lowest BCUT2D eigenvalue weighted by Gasteiger charge is -2.13. The summed E-state index contributed by atoms with van der Waals surface area (Å²) in [6.07, 6.45) is 0. The molecule has 2 aromatic carbocycles. The predicted molar refractivity (Wildman–Crippen MR) is 124 cm³/mol. The summed E-state index contributed by atoms with van der Waals surface area (Å²) >= 11 is 5.09. The largest absolute Gasteiger partial charge is 0.497 e. The second-order valence-corrected chi connectivity index (χ2v) is 9.41. The van der Waals surface area contributed by atoms with Crippen molar-refractivity contribution in [1.29, 1.82) is 0 Å². The molecule has 0 atom stereocenters. The molecular formula is C23H20BrFN2O3S. The fraction of sp³-hybridized carbons (Fsp3) is 0.174. The first-order valence-corrected chi connectivity index (χ1v) is 11.1.